The third-order valence-electron chi connectivity index (χ3n) is 7.05. The molecule has 0 spiro atoms. The summed E-state index contributed by atoms with van der Waals surface area (Å²) in [7, 11) is 1.92. The summed E-state index contributed by atoms with van der Waals surface area (Å²) < 4.78 is 1.92. The lowest BCUT2D eigenvalue weighted by Crippen LogP contribution is -2.43. The number of likely N-dealkylation sites (tertiary alicyclic amines) is 1. The Balaban J connectivity index is 0.00000274. The van der Waals surface area contributed by atoms with E-state index in [1.54, 1.807) is 0 Å². The Hall–Kier alpha value is -2.76. The van der Waals surface area contributed by atoms with Crippen molar-refractivity contribution in [1.29, 1.82) is 0 Å². The summed E-state index contributed by atoms with van der Waals surface area (Å²) in [6.45, 7) is 3.63. The molecule has 4 atom stereocenters. The van der Waals surface area contributed by atoms with E-state index in [1.165, 1.54) is 4.90 Å². The first-order chi connectivity index (χ1) is 16.0. The van der Waals surface area contributed by atoms with Gasteiger partial charge in [-0.25, -0.2) is 4.99 Å². The monoisotopic (exact) mass is 575 g/mol. The van der Waals surface area contributed by atoms with Crippen LogP contribution in [-0.2, 0) is 29.7 Å². The molecular weight excluding hydrogens is 545 g/mol. The lowest BCUT2D eigenvalue weighted by atomic mass is 9.85. The maximum atomic E-state index is 12.9. The molecule has 1 aromatic heterocycles. The maximum Gasteiger partial charge on any atom is 0.233 e. The standard InChI is InChI=1S/C24H29N7O2.HI/c1-15-28-29-19(30(15)2)14-27-24(26-13-16-6-4-3-5-7-16)25-10-11-31-22(32)20-17-8-9-18(12-17)21(20)23(31)33;/h3-9,17-18,20-21H,10-14H2,1-2H3,(H2,25,26,27);1H. The molecular formula is C24H30IN7O2. The second kappa shape index (κ2) is 10.2. The number of imide groups is 1. The zero-order valence-corrected chi connectivity index (χ0v) is 21.7. The number of allylic oxidation sites excluding steroid dienone is 2. The number of halogens is 1. The molecule has 1 aliphatic heterocycles. The van der Waals surface area contributed by atoms with Gasteiger partial charge in [-0.05, 0) is 30.7 Å². The fourth-order valence-corrected chi connectivity index (χ4v) is 5.17. The molecule has 5 rings (SSSR count). The summed E-state index contributed by atoms with van der Waals surface area (Å²) in [5, 5.41) is 14.8. The number of carbonyl (C=O) groups is 2. The number of aliphatic imine (C=N–C) groups is 1. The van der Waals surface area contributed by atoms with Crippen LogP contribution < -0.4 is 10.6 Å². The lowest BCUT2D eigenvalue weighted by Gasteiger charge is -2.19. The number of nitrogens with one attached hydrogen (secondary N) is 2. The van der Waals surface area contributed by atoms with Crippen molar-refractivity contribution in [3.63, 3.8) is 0 Å². The van der Waals surface area contributed by atoms with Crippen LogP contribution in [0.2, 0.25) is 0 Å². The Kier molecular flexibility index (Phi) is 7.34. The summed E-state index contributed by atoms with van der Waals surface area (Å²) >= 11 is 0. The van der Waals surface area contributed by atoms with Gasteiger partial charge in [0.2, 0.25) is 11.8 Å². The first kappa shape index (κ1) is 24.4. The quantitative estimate of drug-likeness (QED) is 0.172. The molecule has 2 fully saturated rings. The highest BCUT2D eigenvalue weighted by molar-refractivity contribution is 14.0. The van der Waals surface area contributed by atoms with Gasteiger partial charge in [-0.2, -0.15) is 0 Å². The highest BCUT2D eigenvalue weighted by atomic mass is 127. The molecule has 180 valence electrons. The van der Waals surface area contributed by atoms with E-state index in [0.29, 0.717) is 32.1 Å². The molecule has 2 heterocycles. The molecule has 1 saturated heterocycles. The minimum Gasteiger partial charge on any atom is -0.355 e. The van der Waals surface area contributed by atoms with Crippen molar-refractivity contribution in [2.75, 3.05) is 13.1 Å². The molecule has 2 N–H and O–H groups in total. The van der Waals surface area contributed by atoms with Crippen LogP contribution in [0.15, 0.2) is 47.5 Å². The number of fused-ring (bicyclic) bond motifs is 5. The second-order valence-electron chi connectivity index (χ2n) is 8.98. The number of benzene rings is 1. The maximum absolute atomic E-state index is 12.9. The van der Waals surface area contributed by atoms with Gasteiger partial charge in [-0.15, -0.1) is 34.2 Å². The molecule has 4 unspecified atom stereocenters. The number of aryl methyl sites for hydroxylation is 1. The van der Waals surface area contributed by atoms with E-state index < -0.39 is 0 Å². The van der Waals surface area contributed by atoms with E-state index in [1.807, 2.05) is 48.9 Å². The Morgan fingerprint density at radius 2 is 1.74 bits per heavy atom. The van der Waals surface area contributed by atoms with Crippen molar-refractivity contribution < 1.29 is 9.59 Å². The molecule has 9 nitrogen and oxygen atoms in total. The van der Waals surface area contributed by atoms with Gasteiger partial charge in [0.05, 0.1) is 24.9 Å². The number of amides is 2. The van der Waals surface area contributed by atoms with Crippen LogP contribution in [0.4, 0.5) is 0 Å². The van der Waals surface area contributed by atoms with Crippen LogP contribution in [0.3, 0.4) is 0 Å². The molecule has 2 aliphatic carbocycles. The van der Waals surface area contributed by atoms with Gasteiger partial charge in [0.25, 0.3) is 0 Å². The van der Waals surface area contributed by atoms with Crippen molar-refractivity contribution in [2.45, 2.75) is 26.4 Å². The number of aromatic nitrogens is 3. The average molecular weight is 575 g/mol. The Morgan fingerprint density at radius 3 is 2.35 bits per heavy atom. The van der Waals surface area contributed by atoms with Crippen molar-refractivity contribution in [1.82, 2.24) is 30.3 Å². The van der Waals surface area contributed by atoms with Gasteiger partial charge in [0.1, 0.15) is 5.82 Å². The Morgan fingerprint density at radius 1 is 1.06 bits per heavy atom. The molecule has 2 aromatic rings. The van der Waals surface area contributed by atoms with Gasteiger partial charge in [0.15, 0.2) is 11.8 Å². The highest BCUT2D eigenvalue weighted by Gasteiger charge is 2.58. The van der Waals surface area contributed by atoms with E-state index in [0.717, 1.165) is 23.6 Å². The highest BCUT2D eigenvalue weighted by Crippen LogP contribution is 2.52. The number of carbonyl (C=O) groups excluding carboxylic acids is 2. The molecule has 0 radical (unpaired) electrons. The molecule has 1 saturated carbocycles. The fourth-order valence-electron chi connectivity index (χ4n) is 5.17. The number of hydrogen-bond donors (Lipinski definition) is 2. The van der Waals surface area contributed by atoms with E-state index in [9.17, 15) is 9.59 Å². The Bertz CT molecular complexity index is 1080. The van der Waals surface area contributed by atoms with Gasteiger partial charge >= 0.3 is 0 Å². The topological polar surface area (TPSA) is 105 Å². The van der Waals surface area contributed by atoms with E-state index in [-0.39, 0.29) is 59.5 Å². The zero-order chi connectivity index (χ0) is 22.9. The third-order valence-corrected chi connectivity index (χ3v) is 7.05. The summed E-state index contributed by atoms with van der Waals surface area (Å²) in [6.07, 6.45) is 5.18. The first-order valence-electron chi connectivity index (χ1n) is 11.5. The molecule has 34 heavy (non-hydrogen) atoms. The first-order valence-corrected chi connectivity index (χ1v) is 11.5. The van der Waals surface area contributed by atoms with Crippen LogP contribution in [0.1, 0.15) is 23.6 Å². The van der Waals surface area contributed by atoms with Crippen molar-refractivity contribution in [2.24, 2.45) is 35.7 Å². The number of nitrogens with zero attached hydrogens (tertiary/aromatic N) is 5. The van der Waals surface area contributed by atoms with Crippen LogP contribution in [-0.4, -0.2) is 50.5 Å². The Labute approximate surface area is 216 Å². The number of hydrogen-bond acceptors (Lipinski definition) is 5. The molecule has 1 aromatic carbocycles. The fraction of sp³-hybridized carbons (Fsp3) is 0.458. The second-order valence-corrected chi connectivity index (χ2v) is 8.98. The van der Waals surface area contributed by atoms with Gasteiger partial charge in [-0.1, -0.05) is 42.5 Å². The summed E-state index contributed by atoms with van der Waals surface area (Å²) in [5.41, 5.74) is 1.09. The average Bonchev–Trinajstić information content (AvgIpc) is 3.58. The summed E-state index contributed by atoms with van der Waals surface area (Å²) in [4.78, 5) is 31.9. The van der Waals surface area contributed by atoms with Gasteiger partial charge < -0.3 is 15.2 Å². The molecule has 2 bridgehead atoms. The summed E-state index contributed by atoms with van der Waals surface area (Å²) in [6, 6.07) is 9.99. The van der Waals surface area contributed by atoms with Crippen LogP contribution in [0, 0.1) is 30.6 Å². The SMILES string of the molecule is Cc1nnc(CNC(=NCc2ccccc2)NCCN2C(=O)C3C4C=CC(C4)C3C2=O)n1C.I. The third kappa shape index (κ3) is 4.59. The predicted octanol–water partition coefficient (Wildman–Crippen LogP) is 1.78. The van der Waals surface area contributed by atoms with E-state index >= 15 is 0 Å². The van der Waals surface area contributed by atoms with Crippen molar-refractivity contribution in [3.05, 3.63) is 59.7 Å². The normalized spacial score (nSPS) is 25.0. The van der Waals surface area contributed by atoms with Crippen LogP contribution in [0.5, 0.6) is 0 Å². The van der Waals surface area contributed by atoms with E-state index in [2.05, 4.69) is 38.0 Å². The van der Waals surface area contributed by atoms with Crippen LogP contribution in [0.25, 0.3) is 0 Å². The minimum atomic E-state index is -0.156. The summed E-state index contributed by atoms with van der Waals surface area (Å²) in [5.74, 6) is 2.34. The van der Waals surface area contributed by atoms with Crippen molar-refractivity contribution >= 4 is 41.8 Å². The number of rotatable bonds is 7. The van der Waals surface area contributed by atoms with Crippen molar-refractivity contribution in [3.8, 4) is 0 Å². The minimum absolute atomic E-state index is 0. The van der Waals surface area contributed by atoms with Gasteiger partial charge in [0, 0.05) is 20.1 Å². The van der Waals surface area contributed by atoms with Crippen LogP contribution >= 0.6 is 24.0 Å². The van der Waals surface area contributed by atoms with Gasteiger partial charge in [-0.3, -0.25) is 14.5 Å². The zero-order valence-electron chi connectivity index (χ0n) is 19.3. The molecule has 10 heteroatoms. The molecule has 2 amide bonds. The largest absolute Gasteiger partial charge is 0.355 e. The van der Waals surface area contributed by atoms with E-state index in [4.69, 9.17) is 0 Å². The number of guanidine groups is 1. The molecule has 3 aliphatic rings. The predicted molar refractivity (Wildman–Crippen MR) is 138 cm³/mol. The smallest absolute Gasteiger partial charge is 0.233 e. The lowest BCUT2D eigenvalue weighted by molar-refractivity contribution is -0.140.